The lowest BCUT2D eigenvalue weighted by molar-refractivity contribution is 0.627. The number of allylic oxidation sites excluding steroid dienone is 1. The van der Waals surface area contributed by atoms with Gasteiger partial charge < -0.3 is 5.32 Å². The average Bonchev–Trinajstić information content (AvgIpc) is 2.35. The molecule has 3 rings (SSSR count). The first-order valence-electron chi connectivity index (χ1n) is 6.93. The van der Waals surface area contributed by atoms with Crippen LogP contribution in [0, 0.1) is 5.82 Å². The maximum absolute atomic E-state index is 13.6. The summed E-state index contributed by atoms with van der Waals surface area (Å²) in [5.74, 6) is -0.233. The molecule has 2 aromatic rings. The van der Waals surface area contributed by atoms with Gasteiger partial charge in [-0.15, -0.1) is 0 Å². The molecule has 1 N–H and O–H groups in total. The van der Waals surface area contributed by atoms with Crippen LogP contribution >= 0.6 is 15.9 Å². The molecule has 3 heteroatoms. The van der Waals surface area contributed by atoms with Crippen LogP contribution in [0.2, 0.25) is 0 Å². The van der Waals surface area contributed by atoms with E-state index < -0.39 is 0 Å². The van der Waals surface area contributed by atoms with Gasteiger partial charge in [0.15, 0.2) is 0 Å². The predicted molar refractivity (Wildman–Crippen MR) is 90.9 cm³/mol. The molecule has 0 amide bonds. The molecule has 0 aromatic heterocycles. The molecule has 0 unspecified atom stereocenters. The van der Waals surface area contributed by atoms with Crippen LogP contribution in [0.1, 0.15) is 26.3 Å². The van der Waals surface area contributed by atoms with Crippen LogP contribution in [0.5, 0.6) is 0 Å². The fourth-order valence-corrected chi connectivity index (χ4v) is 3.35. The summed E-state index contributed by atoms with van der Waals surface area (Å²) < 4.78 is 14.3. The fraction of sp³-hybridized carbons (Fsp3) is 0.222. The third kappa shape index (κ3) is 2.88. The Hall–Kier alpha value is -1.61. The van der Waals surface area contributed by atoms with Crippen molar-refractivity contribution in [1.29, 1.82) is 0 Å². The molecule has 1 nitrogen and oxygen atoms in total. The molecule has 2 aromatic carbocycles. The third-order valence-corrected chi connectivity index (χ3v) is 4.13. The second-order valence-corrected chi connectivity index (χ2v) is 7.01. The van der Waals surface area contributed by atoms with E-state index in [0.717, 1.165) is 21.3 Å². The summed E-state index contributed by atoms with van der Waals surface area (Å²) >= 11 is 3.35. The highest BCUT2D eigenvalue weighted by Gasteiger charge is 2.22. The molecule has 0 radical (unpaired) electrons. The summed E-state index contributed by atoms with van der Waals surface area (Å²) in [6.45, 7) is 6.42. The first-order chi connectivity index (χ1) is 9.84. The fourth-order valence-electron chi connectivity index (χ4n) is 2.88. The minimum Gasteiger partial charge on any atom is -0.376 e. The standard InChI is InChI=1S/C18H17BrFN/c1-11-10-18(2,3)21-17-5-4-12(8-16(11)17)13-6-14(19)9-15(20)7-13/h4-10,21H,1-3H3. The van der Waals surface area contributed by atoms with Gasteiger partial charge in [-0.1, -0.05) is 28.1 Å². The lowest BCUT2D eigenvalue weighted by atomic mass is 9.89. The first-order valence-corrected chi connectivity index (χ1v) is 7.72. The number of fused-ring (bicyclic) bond motifs is 1. The van der Waals surface area contributed by atoms with Crippen molar-refractivity contribution in [2.45, 2.75) is 26.3 Å². The van der Waals surface area contributed by atoms with E-state index in [-0.39, 0.29) is 11.4 Å². The first kappa shape index (κ1) is 14.3. The number of nitrogens with one attached hydrogen (secondary N) is 1. The van der Waals surface area contributed by atoms with Gasteiger partial charge >= 0.3 is 0 Å². The third-order valence-electron chi connectivity index (χ3n) is 3.67. The number of hydrogen-bond donors (Lipinski definition) is 1. The summed E-state index contributed by atoms with van der Waals surface area (Å²) in [6, 6.07) is 11.2. The molecule has 21 heavy (non-hydrogen) atoms. The van der Waals surface area contributed by atoms with Crippen molar-refractivity contribution in [1.82, 2.24) is 0 Å². The zero-order chi connectivity index (χ0) is 15.2. The number of anilines is 1. The van der Waals surface area contributed by atoms with E-state index in [1.54, 1.807) is 6.07 Å². The molecular weight excluding hydrogens is 329 g/mol. The molecule has 0 bridgehead atoms. The summed E-state index contributed by atoms with van der Waals surface area (Å²) in [5, 5.41) is 3.51. The quantitative estimate of drug-likeness (QED) is 0.682. The van der Waals surface area contributed by atoms with Gasteiger partial charge in [0.1, 0.15) is 5.82 Å². The van der Waals surface area contributed by atoms with E-state index in [1.165, 1.54) is 17.2 Å². The Morgan fingerprint density at radius 3 is 2.52 bits per heavy atom. The Balaban J connectivity index is 2.10. The summed E-state index contributed by atoms with van der Waals surface area (Å²) in [6.07, 6.45) is 2.22. The number of benzene rings is 2. The van der Waals surface area contributed by atoms with Crippen molar-refractivity contribution in [2.24, 2.45) is 0 Å². The normalized spacial score (nSPS) is 16.0. The molecule has 0 atom stereocenters. The lowest BCUT2D eigenvalue weighted by Gasteiger charge is -2.31. The highest BCUT2D eigenvalue weighted by atomic mass is 79.9. The highest BCUT2D eigenvalue weighted by molar-refractivity contribution is 9.10. The number of rotatable bonds is 1. The van der Waals surface area contributed by atoms with Crippen molar-refractivity contribution in [3.8, 4) is 11.1 Å². The molecule has 0 aliphatic carbocycles. The minimum absolute atomic E-state index is 0.0412. The summed E-state index contributed by atoms with van der Waals surface area (Å²) in [4.78, 5) is 0. The van der Waals surface area contributed by atoms with Gasteiger partial charge in [0.2, 0.25) is 0 Å². The molecule has 1 aliphatic heterocycles. The molecule has 1 heterocycles. The van der Waals surface area contributed by atoms with E-state index in [4.69, 9.17) is 0 Å². The van der Waals surface area contributed by atoms with E-state index >= 15 is 0 Å². The predicted octanol–water partition coefficient (Wildman–Crippen LogP) is 5.86. The Bertz CT molecular complexity index is 727. The zero-order valence-corrected chi connectivity index (χ0v) is 13.9. The zero-order valence-electron chi connectivity index (χ0n) is 12.3. The maximum atomic E-state index is 13.6. The topological polar surface area (TPSA) is 12.0 Å². The van der Waals surface area contributed by atoms with Gasteiger partial charge in [-0.3, -0.25) is 0 Å². The molecule has 0 saturated carbocycles. The number of halogens is 2. The monoisotopic (exact) mass is 345 g/mol. The summed E-state index contributed by atoms with van der Waals surface area (Å²) in [7, 11) is 0. The highest BCUT2D eigenvalue weighted by Crippen LogP contribution is 2.36. The van der Waals surface area contributed by atoms with E-state index in [2.05, 4.69) is 60.2 Å². The maximum Gasteiger partial charge on any atom is 0.124 e. The van der Waals surface area contributed by atoms with Crippen molar-refractivity contribution in [3.63, 3.8) is 0 Å². The van der Waals surface area contributed by atoms with E-state index in [9.17, 15) is 4.39 Å². The van der Waals surface area contributed by atoms with Gasteiger partial charge in [-0.25, -0.2) is 4.39 Å². The second kappa shape index (κ2) is 4.99. The van der Waals surface area contributed by atoms with Gasteiger partial charge in [0.25, 0.3) is 0 Å². The van der Waals surface area contributed by atoms with Crippen LogP contribution < -0.4 is 5.32 Å². The van der Waals surface area contributed by atoms with E-state index in [0.29, 0.717) is 0 Å². The summed E-state index contributed by atoms with van der Waals surface area (Å²) in [5.41, 5.74) is 5.39. The van der Waals surface area contributed by atoms with Crippen LogP contribution in [0.15, 0.2) is 46.9 Å². The van der Waals surface area contributed by atoms with Crippen LogP contribution in [-0.4, -0.2) is 5.54 Å². The van der Waals surface area contributed by atoms with Gasteiger partial charge in [0.05, 0.1) is 5.54 Å². The average molecular weight is 346 g/mol. The van der Waals surface area contributed by atoms with Crippen LogP contribution in [0.4, 0.5) is 10.1 Å². The van der Waals surface area contributed by atoms with Crippen molar-refractivity contribution < 1.29 is 4.39 Å². The molecule has 1 aliphatic rings. The SMILES string of the molecule is CC1=CC(C)(C)Nc2ccc(-c3cc(F)cc(Br)c3)cc21. The molecule has 108 valence electrons. The van der Waals surface area contributed by atoms with Gasteiger partial charge in [0, 0.05) is 15.7 Å². The Kier molecular flexibility index (Phi) is 3.40. The van der Waals surface area contributed by atoms with Crippen molar-refractivity contribution in [2.75, 3.05) is 5.32 Å². The molecule has 0 saturated heterocycles. The van der Waals surface area contributed by atoms with E-state index in [1.807, 2.05) is 12.1 Å². The second-order valence-electron chi connectivity index (χ2n) is 6.09. The Labute approximate surface area is 133 Å². The number of hydrogen-bond acceptors (Lipinski definition) is 1. The van der Waals surface area contributed by atoms with Crippen LogP contribution in [0.25, 0.3) is 16.7 Å². The van der Waals surface area contributed by atoms with Crippen molar-refractivity contribution >= 4 is 27.2 Å². The van der Waals surface area contributed by atoms with Crippen LogP contribution in [-0.2, 0) is 0 Å². The van der Waals surface area contributed by atoms with Gasteiger partial charge in [-0.05, 0) is 67.8 Å². The van der Waals surface area contributed by atoms with Crippen molar-refractivity contribution in [3.05, 3.63) is 58.3 Å². The minimum atomic E-state index is -0.233. The Morgan fingerprint density at radius 1 is 1.05 bits per heavy atom. The molecule has 0 spiro atoms. The smallest absolute Gasteiger partial charge is 0.124 e. The lowest BCUT2D eigenvalue weighted by Crippen LogP contribution is -2.31. The molecule has 0 fully saturated rings. The largest absolute Gasteiger partial charge is 0.376 e. The Morgan fingerprint density at radius 2 is 1.81 bits per heavy atom. The van der Waals surface area contributed by atoms with Gasteiger partial charge in [-0.2, -0.15) is 0 Å². The van der Waals surface area contributed by atoms with Crippen LogP contribution in [0.3, 0.4) is 0 Å². The molecular formula is C18H17BrFN.